The highest BCUT2D eigenvalue weighted by atomic mass is 16.6. The van der Waals surface area contributed by atoms with Gasteiger partial charge in [-0.2, -0.15) is 5.10 Å². The van der Waals surface area contributed by atoms with Crippen LogP contribution >= 0.6 is 0 Å². The summed E-state index contributed by atoms with van der Waals surface area (Å²) in [4.78, 5) is 11.4. The molecule has 20 heavy (non-hydrogen) atoms. The van der Waals surface area contributed by atoms with Crippen molar-refractivity contribution < 1.29 is 9.53 Å². The molecular weight excluding hydrogens is 256 g/mol. The number of aryl methyl sites for hydroxylation is 1. The van der Waals surface area contributed by atoms with Gasteiger partial charge in [-0.3, -0.25) is 4.68 Å². The van der Waals surface area contributed by atoms with Crippen molar-refractivity contribution in [2.24, 2.45) is 0 Å². The van der Waals surface area contributed by atoms with Gasteiger partial charge < -0.3 is 15.4 Å². The van der Waals surface area contributed by atoms with E-state index in [4.69, 9.17) is 4.74 Å². The number of nitrogens with zero attached hydrogens (tertiary/aromatic N) is 2. The number of hydrogen-bond donors (Lipinski definition) is 2. The molecule has 1 aromatic heterocycles. The van der Waals surface area contributed by atoms with Crippen LogP contribution in [-0.4, -0.2) is 34.6 Å². The SMILES string of the molecule is CCn1cc(C(C)NCCNC(=O)OC(C)(C)C)cn1. The molecule has 1 amide bonds. The van der Waals surface area contributed by atoms with E-state index in [1.807, 2.05) is 37.8 Å². The predicted molar refractivity (Wildman–Crippen MR) is 78.6 cm³/mol. The zero-order valence-corrected chi connectivity index (χ0v) is 13.1. The summed E-state index contributed by atoms with van der Waals surface area (Å²) in [6, 6.07) is 0.204. The first kappa shape index (κ1) is 16.5. The number of rotatable bonds is 6. The Labute approximate surface area is 120 Å². The number of alkyl carbamates (subject to hydrolysis) is 1. The van der Waals surface area contributed by atoms with E-state index in [9.17, 15) is 4.79 Å². The summed E-state index contributed by atoms with van der Waals surface area (Å²) >= 11 is 0. The lowest BCUT2D eigenvalue weighted by atomic mass is 10.2. The first-order valence-electron chi connectivity index (χ1n) is 7.04. The fourth-order valence-electron chi connectivity index (χ4n) is 1.66. The Morgan fingerprint density at radius 2 is 2.15 bits per heavy atom. The Hall–Kier alpha value is -1.56. The van der Waals surface area contributed by atoms with E-state index in [0.717, 1.165) is 12.1 Å². The molecule has 1 atom stereocenters. The van der Waals surface area contributed by atoms with Gasteiger partial charge >= 0.3 is 6.09 Å². The van der Waals surface area contributed by atoms with Crippen LogP contribution in [0, 0.1) is 0 Å². The van der Waals surface area contributed by atoms with E-state index in [-0.39, 0.29) is 12.1 Å². The number of aromatic nitrogens is 2. The van der Waals surface area contributed by atoms with Gasteiger partial charge in [-0.1, -0.05) is 0 Å². The smallest absolute Gasteiger partial charge is 0.407 e. The molecule has 6 nitrogen and oxygen atoms in total. The Morgan fingerprint density at radius 1 is 1.45 bits per heavy atom. The summed E-state index contributed by atoms with van der Waals surface area (Å²) in [5.74, 6) is 0. The van der Waals surface area contributed by atoms with Crippen LogP contribution in [-0.2, 0) is 11.3 Å². The van der Waals surface area contributed by atoms with Crippen molar-refractivity contribution in [1.29, 1.82) is 0 Å². The molecule has 1 unspecified atom stereocenters. The molecule has 2 N–H and O–H groups in total. The van der Waals surface area contributed by atoms with Crippen molar-refractivity contribution in [2.75, 3.05) is 13.1 Å². The molecule has 0 spiro atoms. The average molecular weight is 282 g/mol. The van der Waals surface area contributed by atoms with Crippen molar-refractivity contribution in [3.05, 3.63) is 18.0 Å². The second kappa shape index (κ2) is 7.28. The van der Waals surface area contributed by atoms with Gasteiger partial charge in [-0.05, 0) is 34.6 Å². The number of nitrogens with one attached hydrogen (secondary N) is 2. The lowest BCUT2D eigenvalue weighted by molar-refractivity contribution is 0.0528. The summed E-state index contributed by atoms with van der Waals surface area (Å²) < 4.78 is 7.05. The van der Waals surface area contributed by atoms with Crippen LogP contribution in [0.2, 0.25) is 0 Å². The van der Waals surface area contributed by atoms with Crippen molar-refractivity contribution in [2.45, 2.75) is 52.8 Å². The second-order valence-corrected chi connectivity index (χ2v) is 5.73. The molecule has 0 aliphatic carbocycles. The van der Waals surface area contributed by atoms with Crippen molar-refractivity contribution in [1.82, 2.24) is 20.4 Å². The second-order valence-electron chi connectivity index (χ2n) is 5.73. The first-order valence-corrected chi connectivity index (χ1v) is 7.04. The highest BCUT2D eigenvalue weighted by Gasteiger charge is 2.15. The van der Waals surface area contributed by atoms with Crippen LogP contribution in [0.5, 0.6) is 0 Å². The van der Waals surface area contributed by atoms with E-state index in [1.165, 1.54) is 0 Å². The first-order chi connectivity index (χ1) is 9.31. The van der Waals surface area contributed by atoms with E-state index in [1.54, 1.807) is 0 Å². The molecule has 1 rings (SSSR count). The molecule has 0 saturated carbocycles. The Kier molecular flexibility index (Phi) is 6.01. The molecule has 1 heterocycles. The standard InChI is InChI=1S/C14H26N4O2/c1-6-18-10-12(9-17-18)11(2)15-7-8-16-13(19)20-14(3,4)5/h9-11,15H,6-8H2,1-5H3,(H,16,19). The Balaban J connectivity index is 2.22. The lowest BCUT2D eigenvalue weighted by Gasteiger charge is -2.20. The van der Waals surface area contributed by atoms with Gasteiger partial charge in [0.05, 0.1) is 6.20 Å². The van der Waals surface area contributed by atoms with E-state index < -0.39 is 5.60 Å². The summed E-state index contributed by atoms with van der Waals surface area (Å²) in [5.41, 5.74) is 0.684. The molecule has 0 bridgehead atoms. The van der Waals surface area contributed by atoms with Crippen LogP contribution in [0.15, 0.2) is 12.4 Å². The van der Waals surface area contributed by atoms with Crippen LogP contribution in [0.1, 0.15) is 46.2 Å². The maximum Gasteiger partial charge on any atom is 0.407 e. The molecule has 1 aromatic rings. The molecular formula is C14H26N4O2. The van der Waals surface area contributed by atoms with Gasteiger partial charge in [0.15, 0.2) is 0 Å². The number of amides is 1. The molecule has 6 heteroatoms. The summed E-state index contributed by atoms with van der Waals surface area (Å²) in [5, 5.41) is 10.3. The Bertz CT molecular complexity index is 423. The zero-order valence-electron chi connectivity index (χ0n) is 13.1. The molecule has 0 aliphatic heterocycles. The van der Waals surface area contributed by atoms with E-state index >= 15 is 0 Å². The summed E-state index contributed by atoms with van der Waals surface area (Å²) in [6.07, 6.45) is 3.51. The third-order valence-corrected chi connectivity index (χ3v) is 2.72. The minimum absolute atomic E-state index is 0.204. The zero-order chi connectivity index (χ0) is 15.2. The van der Waals surface area contributed by atoms with Gasteiger partial charge in [0.2, 0.25) is 0 Å². The van der Waals surface area contributed by atoms with Crippen LogP contribution in [0.4, 0.5) is 4.79 Å². The fraction of sp³-hybridized carbons (Fsp3) is 0.714. The maximum atomic E-state index is 11.4. The topological polar surface area (TPSA) is 68.2 Å². The van der Waals surface area contributed by atoms with Crippen molar-refractivity contribution in [3.8, 4) is 0 Å². The molecule has 0 fully saturated rings. The maximum absolute atomic E-state index is 11.4. The quantitative estimate of drug-likeness (QED) is 0.784. The normalized spacial score (nSPS) is 13.1. The minimum Gasteiger partial charge on any atom is -0.444 e. The van der Waals surface area contributed by atoms with Crippen LogP contribution in [0.25, 0.3) is 0 Å². The summed E-state index contributed by atoms with van der Waals surface area (Å²) in [6.45, 7) is 11.7. The predicted octanol–water partition coefficient (Wildman–Crippen LogP) is 2.08. The lowest BCUT2D eigenvalue weighted by Crippen LogP contribution is -2.36. The molecule has 0 saturated heterocycles. The van der Waals surface area contributed by atoms with Crippen LogP contribution < -0.4 is 10.6 Å². The summed E-state index contributed by atoms with van der Waals surface area (Å²) in [7, 11) is 0. The minimum atomic E-state index is -0.459. The molecule has 0 radical (unpaired) electrons. The van der Waals surface area contributed by atoms with Gasteiger partial charge in [0.25, 0.3) is 0 Å². The number of carbonyl (C=O) groups excluding carboxylic acids is 1. The number of ether oxygens (including phenoxy) is 1. The van der Waals surface area contributed by atoms with Crippen LogP contribution in [0.3, 0.4) is 0 Å². The third-order valence-electron chi connectivity index (χ3n) is 2.72. The molecule has 0 aliphatic rings. The average Bonchev–Trinajstić information content (AvgIpc) is 2.81. The van der Waals surface area contributed by atoms with Gasteiger partial charge in [-0.25, -0.2) is 4.79 Å². The highest BCUT2D eigenvalue weighted by Crippen LogP contribution is 2.10. The molecule has 0 aromatic carbocycles. The van der Waals surface area contributed by atoms with Crippen molar-refractivity contribution >= 4 is 6.09 Å². The highest BCUT2D eigenvalue weighted by molar-refractivity contribution is 5.67. The third kappa shape index (κ3) is 6.06. The largest absolute Gasteiger partial charge is 0.444 e. The number of carbonyl (C=O) groups is 1. The fourth-order valence-corrected chi connectivity index (χ4v) is 1.66. The number of hydrogen-bond acceptors (Lipinski definition) is 4. The van der Waals surface area contributed by atoms with E-state index in [0.29, 0.717) is 13.1 Å². The van der Waals surface area contributed by atoms with Gasteiger partial charge in [0, 0.05) is 37.4 Å². The van der Waals surface area contributed by atoms with Gasteiger partial charge in [0.1, 0.15) is 5.60 Å². The monoisotopic (exact) mass is 282 g/mol. The van der Waals surface area contributed by atoms with E-state index in [2.05, 4.69) is 29.6 Å². The van der Waals surface area contributed by atoms with Crippen molar-refractivity contribution in [3.63, 3.8) is 0 Å². The van der Waals surface area contributed by atoms with Gasteiger partial charge in [-0.15, -0.1) is 0 Å². The Morgan fingerprint density at radius 3 is 2.70 bits per heavy atom. The molecule has 114 valence electrons.